The molecule has 0 saturated carbocycles. The van der Waals surface area contributed by atoms with Gasteiger partial charge in [0.05, 0.1) is 22.0 Å². The van der Waals surface area contributed by atoms with Crippen LogP contribution >= 0.6 is 34.7 Å². The number of benzene rings is 3. The second-order valence-corrected chi connectivity index (χ2v) is 8.89. The number of carbonyl (C=O) groups is 1. The minimum Gasteiger partial charge on any atom is -0.344 e. The van der Waals surface area contributed by atoms with Gasteiger partial charge in [-0.1, -0.05) is 84.0 Å². The third-order valence-corrected chi connectivity index (χ3v) is 6.64. The van der Waals surface area contributed by atoms with E-state index in [2.05, 4.69) is 10.3 Å². The molecule has 1 heterocycles. The predicted molar refractivity (Wildman–Crippen MR) is 118 cm³/mol. The Labute approximate surface area is 176 Å². The van der Waals surface area contributed by atoms with Gasteiger partial charge >= 0.3 is 0 Å². The molecule has 0 fully saturated rings. The van der Waals surface area contributed by atoms with Gasteiger partial charge in [-0.15, -0.1) is 11.3 Å². The molecule has 0 bridgehead atoms. The molecule has 0 spiro atoms. The number of halogens is 1. The molecule has 140 valence electrons. The largest absolute Gasteiger partial charge is 0.344 e. The minimum absolute atomic E-state index is 0.0278. The summed E-state index contributed by atoms with van der Waals surface area (Å²) >= 11 is 9.04. The van der Waals surface area contributed by atoms with E-state index in [0.717, 1.165) is 25.7 Å². The van der Waals surface area contributed by atoms with Crippen molar-refractivity contribution in [3.8, 4) is 0 Å². The van der Waals surface area contributed by atoms with Crippen LogP contribution in [-0.4, -0.2) is 16.6 Å². The van der Waals surface area contributed by atoms with Crippen LogP contribution in [0.4, 0.5) is 0 Å². The van der Waals surface area contributed by atoms with E-state index < -0.39 is 0 Å². The number of thioether (sulfide) groups is 1. The maximum Gasteiger partial charge on any atom is 0.231 e. The highest BCUT2D eigenvalue weighted by Gasteiger charge is 2.17. The van der Waals surface area contributed by atoms with Gasteiger partial charge < -0.3 is 5.32 Å². The Balaban J connectivity index is 1.46. The number of carbonyl (C=O) groups excluding carboxylic acids is 1. The molecule has 3 nitrogen and oxygen atoms in total. The molecule has 0 aliphatic heterocycles. The third kappa shape index (κ3) is 4.55. The second kappa shape index (κ2) is 8.78. The van der Waals surface area contributed by atoms with Crippen LogP contribution in [0.15, 0.2) is 83.2 Å². The van der Waals surface area contributed by atoms with Gasteiger partial charge in [-0.2, -0.15) is 0 Å². The average Bonchev–Trinajstić information content (AvgIpc) is 3.14. The SMILES string of the molecule is O=C(CSc1nc2cc(Cl)ccc2s1)NC(c1ccccc1)c1ccccc1. The molecule has 1 N–H and O–H groups in total. The van der Waals surface area contributed by atoms with Crippen molar-refractivity contribution in [2.24, 2.45) is 0 Å². The average molecular weight is 425 g/mol. The molecule has 4 rings (SSSR count). The number of hydrogen-bond donors (Lipinski definition) is 1. The maximum atomic E-state index is 12.7. The van der Waals surface area contributed by atoms with Gasteiger partial charge in [0.1, 0.15) is 0 Å². The van der Waals surface area contributed by atoms with Crippen LogP contribution in [0.5, 0.6) is 0 Å². The monoisotopic (exact) mass is 424 g/mol. The summed E-state index contributed by atoms with van der Waals surface area (Å²) in [6.07, 6.45) is 0. The fraction of sp³-hybridized carbons (Fsp3) is 0.0909. The highest BCUT2D eigenvalue weighted by Crippen LogP contribution is 2.31. The highest BCUT2D eigenvalue weighted by atomic mass is 35.5. The molecular weight excluding hydrogens is 408 g/mol. The van der Waals surface area contributed by atoms with Crippen LogP contribution in [0, 0.1) is 0 Å². The predicted octanol–water partition coefficient (Wildman–Crippen LogP) is 5.95. The zero-order valence-electron chi connectivity index (χ0n) is 14.8. The van der Waals surface area contributed by atoms with Crippen molar-refractivity contribution >= 4 is 50.8 Å². The number of nitrogens with zero attached hydrogens (tertiary/aromatic N) is 1. The smallest absolute Gasteiger partial charge is 0.231 e. The van der Waals surface area contributed by atoms with E-state index in [9.17, 15) is 4.79 Å². The van der Waals surface area contributed by atoms with E-state index in [-0.39, 0.29) is 11.9 Å². The fourth-order valence-corrected chi connectivity index (χ4v) is 4.95. The van der Waals surface area contributed by atoms with Crippen molar-refractivity contribution in [2.75, 3.05) is 5.75 Å². The summed E-state index contributed by atoms with van der Waals surface area (Å²) in [5.41, 5.74) is 2.98. The number of aromatic nitrogens is 1. The molecule has 0 radical (unpaired) electrons. The first-order chi connectivity index (χ1) is 13.7. The lowest BCUT2D eigenvalue weighted by molar-refractivity contribution is -0.119. The number of amides is 1. The van der Waals surface area contributed by atoms with Gasteiger partial charge in [0.15, 0.2) is 4.34 Å². The molecule has 0 aliphatic rings. The van der Waals surface area contributed by atoms with Crippen molar-refractivity contribution in [1.29, 1.82) is 0 Å². The molecular formula is C22H17ClN2OS2. The fourth-order valence-electron chi connectivity index (χ4n) is 2.92. The first kappa shape index (κ1) is 19.0. The van der Waals surface area contributed by atoms with Gasteiger partial charge in [0, 0.05) is 5.02 Å². The molecule has 0 aliphatic carbocycles. The molecule has 28 heavy (non-hydrogen) atoms. The van der Waals surface area contributed by atoms with Crippen LogP contribution in [0.3, 0.4) is 0 Å². The first-order valence-corrected chi connectivity index (χ1v) is 11.0. The summed E-state index contributed by atoms with van der Waals surface area (Å²) in [5.74, 6) is 0.281. The number of nitrogens with one attached hydrogen (secondary N) is 1. The maximum absolute atomic E-state index is 12.7. The zero-order valence-corrected chi connectivity index (χ0v) is 17.2. The molecule has 0 unspecified atom stereocenters. The van der Waals surface area contributed by atoms with Gasteiger partial charge in [0.25, 0.3) is 0 Å². The molecule has 3 aromatic carbocycles. The Hall–Kier alpha value is -2.34. The molecule has 0 saturated heterocycles. The third-order valence-electron chi connectivity index (χ3n) is 4.23. The lowest BCUT2D eigenvalue weighted by Gasteiger charge is -2.19. The van der Waals surface area contributed by atoms with Crippen molar-refractivity contribution in [3.05, 3.63) is 95.0 Å². The van der Waals surface area contributed by atoms with Crippen LogP contribution in [0.2, 0.25) is 5.02 Å². The summed E-state index contributed by atoms with van der Waals surface area (Å²) in [6, 6.07) is 25.5. The summed E-state index contributed by atoms with van der Waals surface area (Å²) in [5, 5.41) is 3.83. The summed E-state index contributed by atoms with van der Waals surface area (Å²) in [6.45, 7) is 0. The standard InChI is InChI=1S/C22H17ClN2OS2/c23-17-11-12-19-18(13-17)24-22(28-19)27-14-20(26)25-21(15-7-3-1-4-8-15)16-9-5-2-6-10-16/h1-13,21H,14H2,(H,25,26). The number of hydrogen-bond acceptors (Lipinski definition) is 4. The first-order valence-electron chi connectivity index (χ1n) is 8.77. The topological polar surface area (TPSA) is 42.0 Å². The van der Waals surface area contributed by atoms with E-state index in [0.29, 0.717) is 10.8 Å². The van der Waals surface area contributed by atoms with E-state index >= 15 is 0 Å². The molecule has 4 aromatic rings. The summed E-state index contributed by atoms with van der Waals surface area (Å²) < 4.78 is 1.93. The highest BCUT2D eigenvalue weighted by molar-refractivity contribution is 8.01. The van der Waals surface area contributed by atoms with Gasteiger partial charge in [-0.3, -0.25) is 4.79 Å². The molecule has 6 heteroatoms. The number of rotatable bonds is 6. The van der Waals surface area contributed by atoms with Crippen LogP contribution < -0.4 is 5.32 Å². The van der Waals surface area contributed by atoms with Gasteiger partial charge in [-0.25, -0.2) is 4.98 Å². The Morgan fingerprint density at radius 2 is 1.64 bits per heavy atom. The quantitative estimate of drug-likeness (QED) is 0.389. The summed E-state index contributed by atoms with van der Waals surface area (Å²) in [4.78, 5) is 17.2. The van der Waals surface area contributed by atoms with Crippen molar-refractivity contribution in [1.82, 2.24) is 10.3 Å². The Bertz CT molecular complexity index is 1040. The normalized spacial score (nSPS) is 11.1. The lowest BCUT2D eigenvalue weighted by atomic mass is 9.99. The number of thiazole rings is 1. The molecule has 0 atom stereocenters. The zero-order chi connectivity index (χ0) is 19.3. The van der Waals surface area contributed by atoms with Gasteiger partial charge in [0.2, 0.25) is 5.91 Å². The van der Waals surface area contributed by atoms with E-state index in [1.807, 2.05) is 78.9 Å². The Kier molecular flexibility index (Phi) is 5.95. The number of fused-ring (bicyclic) bond motifs is 1. The lowest BCUT2D eigenvalue weighted by Crippen LogP contribution is -2.30. The van der Waals surface area contributed by atoms with Crippen LogP contribution in [0.25, 0.3) is 10.2 Å². The van der Waals surface area contributed by atoms with Crippen molar-refractivity contribution in [2.45, 2.75) is 10.4 Å². The minimum atomic E-state index is -0.176. The molecule has 1 aromatic heterocycles. The molecule has 1 amide bonds. The van der Waals surface area contributed by atoms with Crippen LogP contribution in [0.1, 0.15) is 17.2 Å². The van der Waals surface area contributed by atoms with Crippen molar-refractivity contribution in [3.63, 3.8) is 0 Å². The van der Waals surface area contributed by atoms with E-state index in [1.165, 1.54) is 11.8 Å². The summed E-state index contributed by atoms with van der Waals surface area (Å²) in [7, 11) is 0. The Morgan fingerprint density at radius 3 is 2.29 bits per heavy atom. The Morgan fingerprint density at radius 1 is 1.00 bits per heavy atom. The van der Waals surface area contributed by atoms with E-state index in [4.69, 9.17) is 11.6 Å². The second-order valence-electron chi connectivity index (χ2n) is 6.20. The van der Waals surface area contributed by atoms with Crippen molar-refractivity contribution < 1.29 is 4.79 Å². The van der Waals surface area contributed by atoms with E-state index in [1.54, 1.807) is 11.3 Å². The van der Waals surface area contributed by atoms with Gasteiger partial charge in [-0.05, 0) is 29.3 Å². The van der Waals surface area contributed by atoms with Crippen LogP contribution in [-0.2, 0) is 4.79 Å².